The van der Waals surface area contributed by atoms with Crippen LogP contribution in [0.3, 0.4) is 0 Å². The summed E-state index contributed by atoms with van der Waals surface area (Å²) >= 11 is 18.0. The van der Waals surface area contributed by atoms with Gasteiger partial charge in [-0.25, -0.2) is 0 Å². The van der Waals surface area contributed by atoms with Crippen LogP contribution < -0.4 is 5.32 Å². The van der Waals surface area contributed by atoms with Crippen LogP contribution in [0.2, 0.25) is 10.0 Å². The van der Waals surface area contributed by atoms with Crippen molar-refractivity contribution in [2.75, 3.05) is 31.5 Å². The number of piperazine rings is 1. The van der Waals surface area contributed by atoms with Gasteiger partial charge in [-0.05, 0) is 57.6 Å². The molecule has 3 aromatic rings. The van der Waals surface area contributed by atoms with Crippen LogP contribution in [0.1, 0.15) is 35.1 Å². The van der Waals surface area contributed by atoms with Gasteiger partial charge >= 0.3 is 0 Å². The highest BCUT2D eigenvalue weighted by Gasteiger charge is 2.22. The maximum Gasteiger partial charge on any atom is 0.173 e. The molecule has 0 radical (unpaired) electrons. The minimum absolute atomic E-state index is 0.550. The number of anilines is 1. The Balaban J connectivity index is 1.35. The number of thiocarbonyl (C=S) groups is 1. The van der Waals surface area contributed by atoms with Gasteiger partial charge in [0.2, 0.25) is 0 Å². The van der Waals surface area contributed by atoms with Crippen LogP contribution in [0.15, 0.2) is 24.4 Å². The van der Waals surface area contributed by atoms with Crippen molar-refractivity contribution >= 4 is 46.2 Å². The van der Waals surface area contributed by atoms with E-state index < -0.39 is 0 Å². The molecule has 1 aliphatic rings. The molecule has 2 aromatic heterocycles. The number of halogens is 2. The zero-order chi connectivity index (χ0) is 24.4. The van der Waals surface area contributed by atoms with Gasteiger partial charge in [-0.1, -0.05) is 29.3 Å². The highest BCUT2D eigenvalue weighted by Crippen LogP contribution is 2.25. The molecule has 1 saturated heterocycles. The Hall–Kier alpha value is -2.13. The zero-order valence-corrected chi connectivity index (χ0v) is 22.4. The van der Waals surface area contributed by atoms with E-state index in [1.54, 1.807) is 0 Å². The number of benzene rings is 1. The van der Waals surface area contributed by atoms with Crippen molar-refractivity contribution in [3.05, 3.63) is 62.6 Å². The van der Waals surface area contributed by atoms with Crippen LogP contribution in [0.5, 0.6) is 0 Å². The second kappa shape index (κ2) is 10.6. The van der Waals surface area contributed by atoms with E-state index in [-0.39, 0.29) is 0 Å². The standard InChI is InChI=1S/C24H31Cl2N7S/c1-5-32-15-20(16(2)28-32)14-30-8-10-31(11-9-30)24(34)27-23-17(3)29-33(18(23)4)13-19-6-7-21(25)22(26)12-19/h6-7,12,15H,5,8-11,13-14H2,1-4H3,(H,27,34). The third-order valence-electron chi connectivity index (χ3n) is 6.36. The normalized spacial score (nSPS) is 14.6. The minimum Gasteiger partial charge on any atom is -0.346 e. The predicted octanol–water partition coefficient (Wildman–Crippen LogP) is 4.89. The van der Waals surface area contributed by atoms with Gasteiger partial charge in [-0.2, -0.15) is 10.2 Å². The number of nitrogens with zero attached hydrogens (tertiary/aromatic N) is 6. The van der Waals surface area contributed by atoms with E-state index in [0.29, 0.717) is 16.6 Å². The molecule has 3 heterocycles. The molecule has 34 heavy (non-hydrogen) atoms. The van der Waals surface area contributed by atoms with Crippen molar-refractivity contribution in [1.82, 2.24) is 29.4 Å². The molecule has 0 atom stereocenters. The predicted molar refractivity (Wildman–Crippen MR) is 143 cm³/mol. The lowest BCUT2D eigenvalue weighted by Gasteiger charge is -2.36. The zero-order valence-electron chi connectivity index (χ0n) is 20.1. The minimum atomic E-state index is 0.550. The summed E-state index contributed by atoms with van der Waals surface area (Å²) in [5.74, 6) is 0. The number of hydrogen-bond acceptors (Lipinski definition) is 4. The fourth-order valence-corrected chi connectivity index (χ4v) is 4.86. The summed E-state index contributed by atoms with van der Waals surface area (Å²) in [6.07, 6.45) is 2.16. The van der Waals surface area contributed by atoms with Gasteiger partial charge in [-0.15, -0.1) is 0 Å². The molecule has 1 fully saturated rings. The Labute approximate surface area is 216 Å². The third-order valence-corrected chi connectivity index (χ3v) is 7.45. The molecular weight excluding hydrogens is 489 g/mol. The summed E-state index contributed by atoms with van der Waals surface area (Å²) < 4.78 is 3.98. The summed E-state index contributed by atoms with van der Waals surface area (Å²) in [5, 5.41) is 14.6. The quantitative estimate of drug-likeness (QED) is 0.467. The topological polar surface area (TPSA) is 54.1 Å². The lowest BCUT2D eigenvalue weighted by Crippen LogP contribution is -2.49. The molecule has 1 N–H and O–H groups in total. The van der Waals surface area contributed by atoms with Crippen molar-refractivity contribution in [1.29, 1.82) is 0 Å². The summed E-state index contributed by atoms with van der Waals surface area (Å²) in [6, 6.07) is 5.67. The molecular formula is C24H31Cl2N7S. The molecule has 1 aliphatic heterocycles. The van der Waals surface area contributed by atoms with E-state index in [2.05, 4.69) is 47.2 Å². The molecule has 1 aromatic carbocycles. The molecule has 0 aliphatic carbocycles. The van der Waals surface area contributed by atoms with Crippen LogP contribution in [0.25, 0.3) is 0 Å². The second-order valence-electron chi connectivity index (χ2n) is 8.74. The van der Waals surface area contributed by atoms with Crippen molar-refractivity contribution < 1.29 is 0 Å². The summed E-state index contributed by atoms with van der Waals surface area (Å²) in [4.78, 5) is 4.71. The lowest BCUT2D eigenvalue weighted by atomic mass is 10.2. The highest BCUT2D eigenvalue weighted by molar-refractivity contribution is 7.80. The molecule has 0 bridgehead atoms. The smallest absolute Gasteiger partial charge is 0.173 e. The first kappa shape index (κ1) is 25.0. The van der Waals surface area contributed by atoms with Crippen LogP contribution >= 0.6 is 35.4 Å². The van der Waals surface area contributed by atoms with Crippen molar-refractivity contribution in [3.63, 3.8) is 0 Å². The average molecular weight is 521 g/mol. The van der Waals surface area contributed by atoms with Gasteiger partial charge in [0.15, 0.2) is 5.11 Å². The maximum absolute atomic E-state index is 6.18. The monoisotopic (exact) mass is 519 g/mol. The summed E-state index contributed by atoms with van der Waals surface area (Å²) in [5.41, 5.74) is 6.39. The first-order valence-electron chi connectivity index (χ1n) is 11.5. The SMILES string of the molecule is CCn1cc(CN2CCN(C(=S)Nc3c(C)nn(Cc4ccc(Cl)c(Cl)c4)c3C)CC2)c(C)n1. The summed E-state index contributed by atoms with van der Waals surface area (Å²) in [7, 11) is 0. The van der Waals surface area contributed by atoms with Gasteiger partial charge in [0.05, 0.1) is 39.4 Å². The third kappa shape index (κ3) is 5.57. The molecule has 0 unspecified atom stereocenters. The van der Waals surface area contributed by atoms with E-state index >= 15 is 0 Å². The van der Waals surface area contributed by atoms with Crippen LogP contribution in [-0.2, 0) is 19.6 Å². The number of hydrogen-bond donors (Lipinski definition) is 1. The van der Waals surface area contributed by atoms with Crippen molar-refractivity contribution in [2.45, 2.75) is 47.3 Å². The second-order valence-corrected chi connectivity index (χ2v) is 9.94. The Morgan fingerprint density at radius 1 is 1.00 bits per heavy atom. The molecule has 0 spiro atoms. The first-order chi connectivity index (χ1) is 16.2. The fourth-order valence-electron chi connectivity index (χ4n) is 4.25. The van der Waals surface area contributed by atoms with Gasteiger partial charge in [0.1, 0.15) is 0 Å². The average Bonchev–Trinajstić information content (AvgIpc) is 3.30. The van der Waals surface area contributed by atoms with E-state index in [1.165, 1.54) is 5.56 Å². The molecule has 0 saturated carbocycles. The van der Waals surface area contributed by atoms with Gasteiger partial charge in [0, 0.05) is 51.0 Å². The van der Waals surface area contributed by atoms with Crippen LogP contribution in [-0.4, -0.2) is 60.7 Å². The van der Waals surface area contributed by atoms with E-state index in [9.17, 15) is 0 Å². The van der Waals surface area contributed by atoms with Gasteiger partial charge in [0.25, 0.3) is 0 Å². The first-order valence-corrected chi connectivity index (χ1v) is 12.7. The lowest BCUT2D eigenvalue weighted by molar-refractivity contribution is 0.176. The van der Waals surface area contributed by atoms with E-state index in [0.717, 1.165) is 72.7 Å². The Bertz CT molecular complexity index is 1180. The van der Waals surface area contributed by atoms with Crippen molar-refractivity contribution in [3.8, 4) is 0 Å². The van der Waals surface area contributed by atoms with E-state index in [4.69, 9.17) is 40.5 Å². The molecule has 182 valence electrons. The van der Waals surface area contributed by atoms with Crippen molar-refractivity contribution in [2.24, 2.45) is 0 Å². The van der Waals surface area contributed by atoms with Gasteiger partial charge in [-0.3, -0.25) is 14.3 Å². The number of aryl methyl sites for hydroxylation is 3. The maximum atomic E-state index is 6.18. The Morgan fingerprint density at radius 3 is 2.38 bits per heavy atom. The van der Waals surface area contributed by atoms with Crippen LogP contribution in [0, 0.1) is 20.8 Å². The Morgan fingerprint density at radius 2 is 1.74 bits per heavy atom. The number of rotatable bonds is 6. The largest absolute Gasteiger partial charge is 0.346 e. The molecule has 0 amide bonds. The molecule has 4 rings (SSSR count). The van der Waals surface area contributed by atoms with Crippen LogP contribution in [0.4, 0.5) is 5.69 Å². The number of aromatic nitrogens is 4. The molecule has 10 heteroatoms. The van der Waals surface area contributed by atoms with E-state index in [1.807, 2.05) is 34.5 Å². The highest BCUT2D eigenvalue weighted by atomic mass is 35.5. The summed E-state index contributed by atoms with van der Waals surface area (Å²) in [6.45, 7) is 14.4. The number of nitrogens with one attached hydrogen (secondary N) is 1. The molecule has 7 nitrogen and oxygen atoms in total. The van der Waals surface area contributed by atoms with Gasteiger partial charge < -0.3 is 10.2 Å². The fraction of sp³-hybridized carbons (Fsp3) is 0.458. The Kier molecular flexibility index (Phi) is 7.82.